The molecule has 22 heteroatoms. The van der Waals surface area contributed by atoms with Crippen LogP contribution in [0.3, 0.4) is 0 Å². The fourth-order valence-corrected chi connectivity index (χ4v) is 10.1. The van der Waals surface area contributed by atoms with Crippen molar-refractivity contribution in [1.29, 1.82) is 0 Å². The largest absolute Gasteiger partial charge is 0.514 e. The van der Waals surface area contributed by atoms with E-state index in [9.17, 15) is 47.6 Å². The number of nitrogens with zero attached hydrogens (tertiary/aromatic N) is 5. The first-order chi connectivity index (χ1) is 34.8. The fraction of sp³-hybridized carbons (Fsp3) is 0.346. The molecule has 0 saturated carbocycles. The van der Waals surface area contributed by atoms with Gasteiger partial charge in [-0.2, -0.15) is 13.0 Å². The molecule has 1 amide bonds. The number of amides is 1. The highest BCUT2D eigenvalue weighted by molar-refractivity contribution is 7.85. The zero-order chi connectivity index (χ0) is 54.0. The van der Waals surface area contributed by atoms with E-state index < -0.39 is 66.4 Å². The summed E-state index contributed by atoms with van der Waals surface area (Å²) in [5, 5.41) is 29.0. The first-order valence-electron chi connectivity index (χ1n) is 23.4. The van der Waals surface area contributed by atoms with Crippen LogP contribution in [-0.4, -0.2) is 122 Å². The molecule has 2 heterocycles. The number of para-hydroxylation sites is 2. The van der Waals surface area contributed by atoms with E-state index in [2.05, 4.69) is 10.6 Å². The highest BCUT2D eigenvalue weighted by Crippen LogP contribution is 2.48. The highest BCUT2D eigenvalue weighted by Gasteiger charge is 2.47. The number of anilines is 1. The zero-order valence-electron chi connectivity index (χ0n) is 42.3. The first kappa shape index (κ1) is 53.8. The van der Waals surface area contributed by atoms with Crippen molar-refractivity contribution < 1.29 is 60.7 Å². The predicted molar refractivity (Wildman–Crippen MR) is 274 cm³/mol. The number of non-ortho nitro benzene ring substituents is 1. The number of methoxy groups -OCH3 is 1. The van der Waals surface area contributed by atoms with Gasteiger partial charge in [-0.25, -0.2) is 4.79 Å². The molecule has 21 nitrogen and oxygen atoms in total. The van der Waals surface area contributed by atoms with Gasteiger partial charge in [-0.05, 0) is 63.7 Å². The number of nitrogens with one attached hydrogen (secondary N) is 2. The lowest BCUT2D eigenvalue weighted by Gasteiger charge is -2.31. The summed E-state index contributed by atoms with van der Waals surface area (Å²) >= 11 is 0. The van der Waals surface area contributed by atoms with Gasteiger partial charge in [0.15, 0.2) is 23.0 Å². The Morgan fingerprint density at radius 1 is 0.919 bits per heavy atom. The number of nitro groups is 2. The maximum atomic E-state index is 14.4. The number of Topliss-reactive ketones (excluding diaryl/α,β-unsaturated/α-hetero) is 1. The minimum absolute atomic E-state index is 0.00964. The van der Waals surface area contributed by atoms with E-state index in [1.54, 1.807) is 24.1 Å². The minimum Gasteiger partial charge on any atom is -0.493 e. The van der Waals surface area contributed by atoms with E-state index >= 15 is 0 Å². The van der Waals surface area contributed by atoms with E-state index in [4.69, 9.17) is 18.9 Å². The Bertz CT molecular complexity index is 3180. The molecule has 2 aliphatic heterocycles. The lowest BCUT2D eigenvalue weighted by atomic mass is 9.77. The fourth-order valence-electron chi connectivity index (χ4n) is 9.45. The first-order valence-corrected chi connectivity index (χ1v) is 25.0. The molecule has 0 radical (unpaired) electrons. The third-order valence-corrected chi connectivity index (χ3v) is 14.2. The second kappa shape index (κ2) is 21.3. The van der Waals surface area contributed by atoms with Crippen LogP contribution in [0.5, 0.6) is 17.2 Å². The van der Waals surface area contributed by atoms with Crippen molar-refractivity contribution in [1.82, 2.24) is 15.5 Å². The van der Waals surface area contributed by atoms with E-state index in [-0.39, 0.29) is 77.4 Å². The van der Waals surface area contributed by atoms with Crippen molar-refractivity contribution in [2.45, 2.75) is 57.6 Å². The zero-order valence-corrected chi connectivity index (χ0v) is 43.1. The molecule has 0 bridgehead atoms. The van der Waals surface area contributed by atoms with Gasteiger partial charge < -0.3 is 39.4 Å². The third kappa shape index (κ3) is 11.2. The van der Waals surface area contributed by atoms with E-state index in [1.165, 1.54) is 32.2 Å². The van der Waals surface area contributed by atoms with Gasteiger partial charge >= 0.3 is 6.16 Å². The van der Waals surface area contributed by atoms with Gasteiger partial charge in [0.25, 0.3) is 21.5 Å². The van der Waals surface area contributed by atoms with Gasteiger partial charge in [0.2, 0.25) is 11.6 Å². The SMILES string of the molecule is COc1cc(C(C)OC(=O)Oc2ccc([N+](=O)[O-])cc2)c([N+](=O)[O-])cc1OCCN(C)CCNC(=O)[C@H](CS(=O)(=O)O)NC1=C(/C=C2/N(C)c3ccccc3C2(C)C)C(=O)/C1=C\C1=[N+](C)c2ccccc2C1(C)C. The molecule has 2 atom stereocenters. The highest BCUT2D eigenvalue weighted by atomic mass is 32.2. The standard InChI is InChI=1S/C52H57N7O14S/c1-31(72-50(62)73-33-20-18-32(19-21-33)58(63)64)34-26-43(70-9)44(29-42(34)59(65)66)71-25-24-55(6)23-22-53-49(61)39(30-74(67,68)69)54-47-35(27-45-51(2,3)37-14-10-12-16-40(37)56(45)7)48(60)36(47)28-46-52(4,5)38-15-11-13-17-41(38)57(46)8/h10-21,26-29,31,39H,22-25,30H2,1-9H3,(H2-,53,54,60,61,67,68,69)/p+1/t31?,39-/m0/s1. The van der Waals surface area contributed by atoms with Gasteiger partial charge in [-0.15, -0.1) is 0 Å². The minimum atomic E-state index is -4.75. The third-order valence-electron chi connectivity index (χ3n) is 13.5. The second-order valence-electron chi connectivity index (χ2n) is 19.1. The molecule has 4 aromatic carbocycles. The molecule has 4 aromatic rings. The molecule has 74 heavy (non-hydrogen) atoms. The lowest BCUT2D eigenvalue weighted by molar-refractivity contribution is -0.401. The molecule has 3 N–H and O–H groups in total. The number of ether oxygens (including phenoxy) is 4. The summed E-state index contributed by atoms with van der Waals surface area (Å²) in [4.78, 5) is 66.6. The molecule has 7 rings (SSSR count). The van der Waals surface area contributed by atoms with Crippen LogP contribution in [0.2, 0.25) is 0 Å². The number of carbonyl (C=O) groups is 3. The molecule has 0 fully saturated rings. The van der Waals surface area contributed by atoms with Crippen LogP contribution < -0.4 is 29.7 Å². The van der Waals surface area contributed by atoms with Crippen LogP contribution in [0, 0.1) is 20.2 Å². The van der Waals surface area contributed by atoms with Crippen LogP contribution in [0.1, 0.15) is 57.4 Å². The number of benzene rings is 4. The van der Waals surface area contributed by atoms with Crippen LogP contribution >= 0.6 is 0 Å². The number of fused-ring (bicyclic) bond motifs is 2. The molecule has 0 spiro atoms. The summed E-state index contributed by atoms with van der Waals surface area (Å²) < 4.78 is 58.9. The van der Waals surface area contributed by atoms with Gasteiger partial charge in [-0.1, -0.05) is 50.2 Å². The predicted octanol–water partition coefficient (Wildman–Crippen LogP) is 6.84. The number of nitro benzene ring substituents is 2. The second-order valence-corrected chi connectivity index (χ2v) is 20.6. The van der Waals surface area contributed by atoms with Crippen molar-refractivity contribution >= 4 is 56.4 Å². The summed E-state index contributed by atoms with van der Waals surface area (Å²) in [5.74, 6) is -2.03. The summed E-state index contributed by atoms with van der Waals surface area (Å²) in [6.07, 6.45) is 1.12. The molecule has 390 valence electrons. The van der Waals surface area contributed by atoms with E-state index in [0.717, 1.165) is 52.1 Å². The van der Waals surface area contributed by atoms with E-state index in [0.29, 0.717) is 0 Å². The van der Waals surface area contributed by atoms with Gasteiger partial charge in [0.05, 0.1) is 45.3 Å². The number of hydrogen-bond acceptors (Lipinski definition) is 16. The number of allylic oxidation sites excluding steroid dienone is 5. The Balaban J connectivity index is 1.04. The topological polar surface area (TPSA) is 262 Å². The van der Waals surface area contributed by atoms with Crippen molar-refractivity contribution in [3.63, 3.8) is 0 Å². The molecule has 3 aliphatic rings. The monoisotopic (exact) mass is 1040 g/mol. The van der Waals surface area contributed by atoms with Crippen LogP contribution in [-0.2, 0) is 35.3 Å². The quantitative estimate of drug-likeness (QED) is 0.0156. The van der Waals surface area contributed by atoms with Gasteiger partial charge in [0.1, 0.15) is 37.3 Å². The maximum Gasteiger partial charge on any atom is 0.514 e. The van der Waals surface area contributed by atoms with Gasteiger partial charge in [0, 0.05) is 78.9 Å². The average molecular weight is 1040 g/mol. The Kier molecular flexibility index (Phi) is 15.5. The molecule has 1 unspecified atom stereocenters. The van der Waals surface area contributed by atoms with E-state index in [1.807, 2.05) is 99.8 Å². The van der Waals surface area contributed by atoms with Crippen molar-refractivity contribution in [2.75, 3.05) is 65.1 Å². The Morgan fingerprint density at radius 3 is 2.20 bits per heavy atom. The van der Waals surface area contributed by atoms with Crippen molar-refractivity contribution in [3.05, 3.63) is 157 Å². The molecular formula is C52H58N7O14S+. The van der Waals surface area contributed by atoms with Crippen LogP contribution in [0.4, 0.5) is 27.5 Å². The number of ketones is 1. The normalized spacial score (nSPS) is 17.4. The van der Waals surface area contributed by atoms with Crippen LogP contribution in [0.15, 0.2) is 120 Å². The Hall–Kier alpha value is -7.95. The van der Waals surface area contributed by atoms with Crippen molar-refractivity contribution in [2.24, 2.45) is 0 Å². The summed E-state index contributed by atoms with van der Waals surface area (Å²) in [6.45, 7) is 10.0. The number of rotatable bonds is 20. The summed E-state index contributed by atoms with van der Waals surface area (Å²) in [7, 11) is 2.10. The van der Waals surface area contributed by atoms with Crippen molar-refractivity contribution in [3.8, 4) is 17.2 Å². The number of hydrogen-bond donors (Lipinski definition) is 3. The Morgan fingerprint density at radius 2 is 1.58 bits per heavy atom. The van der Waals surface area contributed by atoms with Gasteiger partial charge in [-0.3, -0.25) is 34.4 Å². The number of carbonyl (C=O) groups excluding carboxylic acids is 3. The summed E-state index contributed by atoms with van der Waals surface area (Å²) in [6, 6.07) is 21.3. The molecular weight excluding hydrogens is 979 g/mol. The Labute approximate surface area is 427 Å². The molecule has 0 saturated heterocycles. The molecule has 1 aliphatic carbocycles. The van der Waals surface area contributed by atoms with Crippen LogP contribution in [0.25, 0.3) is 0 Å². The maximum absolute atomic E-state index is 14.4. The lowest BCUT2D eigenvalue weighted by Crippen LogP contribution is -2.51. The molecule has 0 aromatic heterocycles. The smallest absolute Gasteiger partial charge is 0.493 e. The number of likely N-dealkylation sites (N-methyl/N-ethyl adjacent to an activating group) is 2. The summed E-state index contributed by atoms with van der Waals surface area (Å²) in [5.41, 5.74) is 4.60. The average Bonchev–Trinajstić information content (AvgIpc) is 3.66.